The quantitative estimate of drug-likeness (QED) is 0.674. The standard InChI is InChI=1S/C9H11FN2O2/c1-5(2)14-8-6-3-13-4-7(6)11-9(10)12-8/h5H,3-4H2,1-2H3. The van der Waals surface area contributed by atoms with Gasteiger partial charge in [0.15, 0.2) is 0 Å². The maximum absolute atomic E-state index is 12.9. The summed E-state index contributed by atoms with van der Waals surface area (Å²) in [5, 5.41) is 0. The smallest absolute Gasteiger partial charge is 0.312 e. The summed E-state index contributed by atoms with van der Waals surface area (Å²) >= 11 is 0. The molecule has 2 heterocycles. The summed E-state index contributed by atoms with van der Waals surface area (Å²) in [5.74, 6) is 0.306. The Morgan fingerprint density at radius 1 is 1.36 bits per heavy atom. The molecule has 2 rings (SSSR count). The summed E-state index contributed by atoms with van der Waals surface area (Å²) in [7, 11) is 0. The van der Waals surface area contributed by atoms with Crippen LogP contribution in [0.1, 0.15) is 25.1 Å². The van der Waals surface area contributed by atoms with Gasteiger partial charge in [-0.3, -0.25) is 0 Å². The van der Waals surface area contributed by atoms with E-state index in [0.717, 1.165) is 5.56 Å². The summed E-state index contributed by atoms with van der Waals surface area (Å²) in [5.41, 5.74) is 1.35. The Kier molecular flexibility index (Phi) is 2.33. The molecule has 1 aromatic rings. The van der Waals surface area contributed by atoms with Crippen LogP contribution in [0.5, 0.6) is 5.88 Å². The van der Waals surface area contributed by atoms with Crippen LogP contribution >= 0.6 is 0 Å². The van der Waals surface area contributed by atoms with Gasteiger partial charge in [-0.25, -0.2) is 4.98 Å². The first-order valence-corrected chi connectivity index (χ1v) is 4.46. The topological polar surface area (TPSA) is 44.2 Å². The van der Waals surface area contributed by atoms with E-state index in [1.54, 1.807) is 0 Å². The van der Waals surface area contributed by atoms with Crippen LogP contribution in [0.4, 0.5) is 4.39 Å². The molecule has 1 aliphatic rings. The average Bonchev–Trinajstić information content (AvgIpc) is 2.50. The molecule has 0 aliphatic carbocycles. The van der Waals surface area contributed by atoms with Gasteiger partial charge in [-0.15, -0.1) is 0 Å². The lowest BCUT2D eigenvalue weighted by atomic mass is 10.2. The van der Waals surface area contributed by atoms with Gasteiger partial charge in [0.25, 0.3) is 0 Å². The largest absolute Gasteiger partial charge is 0.475 e. The molecule has 5 heteroatoms. The van der Waals surface area contributed by atoms with Crippen molar-refractivity contribution in [3.05, 3.63) is 17.3 Å². The second-order valence-electron chi connectivity index (χ2n) is 3.38. The second-order valence-corrected chi connectivity index (χ2v) is 3.38. The summed E-state index contributed by atoms with van der Waals surface area (Å²) in [4.78, 5) is 7.24. The summed E-state index contributed by atoms with van der Waals surface area (Å²) < 4.78 is 23.4. The zero-order chi connectivity index (χ0) is 10.1. The summed E-state index contributed by atoms with van der Waals surface area (Å²) in [6.45, 7) is 4.46. The Morgan fingerprint density at radius 2 is 2.14 bits per heavy atom. The van der Waals surface area contributed by atoms with Crippen LogP contribution < -0.4 is 4.74 Å². The van der Waals surface area contributed by atoms with Crippen molar-refractivity contribution in [1.82, 2.24) is 9.97 Å². The van der Waals surface area contributed by atoms with E-state index >= 15 is 0 Å². The number of halogens is 1. The molecule has 1 aromatic heterocycles. The van der Waals surface area contributed by atoms with E-state index in [9.17, 15) is 4.39 Å². The molecule has 0 spiro atoms. The van der Waals surface area contributed by atoms with E-state index in [4.69, 9.17) is 9.47 Å². The fourth-order valence-electron chi connectivity index (χ4n) is 1.31. The van der Waals surface area contributed by atoms with Crippen molar-refractivity contribution in [2.75, 3.05) is 0 Å². The van der Waals surface area contributed by atoms with Crippen molar-refractivity contribution < 1.29 is 13.9 Å². The van der Waals surface area contributed by atoms with E-state index in [2.05, 4.69) is 9.97 Å². The van der Waals surface area contributed by atoms with Crippen molar-refractivity contribution in [3.8, 4) is 5.88 Å². The van der Waals surface area contributed by atoms with Gasteiger partial charge in [-0.05, 0) is 13.8 Å². The maximum atomic E-state index is 12.9. The van der Waals surface area contributed by atoms with Gasteiger partial charge >= 0.3 is 6.08 Å². The van der Waals surface area contributed by atoms with Gasteiger partial charge in [0.05, 0.1) is 30.6 Å². The zero-order valence-electron chi connectivity index (χ0n) is 8.08. The first-order valence-electron chi connectivity index (χ1n) is 4.46. The number of ether oxygens (including phenoxy) is 2. The van der Waals surface area contributed by atoms with E-state index < -0.39 is 6.08 Å². The van der Waals surface area contributed by atoms with Crippen LogP contribution in [-0.4, -0.2) is 16.1 Å². The van der Waals surface area contributed by atoms with Crippen LogP contribution in [0, 0.1) is 6.08 Å². The minimum Gasteiger partial charge on any atom is -0.475 e. The Labute approximate surface area is 81.1 Å². The van der Waals surface area contributed by atoms with E-state index in [0.29, 0.717) is 24.8 Å². The lowest BCUT2D eigenvalue weighted by Gasteiger charge is -2.10. The Hall–Kier alpha value is -1.23. The molecule has 0 saturated carbocycles. The van der Waals surface area contributed by atoms with Crippen molar-refractivity contribution in [2.45, 2.75) is 33.2 Å². The fourth-order valence-corrected chi connectivity index (χ4v) is 1.31. The maximum Gasteiger partial charge on any atom is 0.312 e. The van der Waals surface area contributed by atoms with Gasteiger partial charge in [-0.1, -0.05) is 0 Å². The molecule has 0 bridgehead atoms. The lowest BCUT2D eigenvalue weighted by molar-refractivity contribution is 0.130. The van der Waals surface area contributed by atoms with Crippen molar-refractivity contribution >= 4 is 0 Å². The molecule has 76 valence electrons. The third-order valence-corrected chi connectivity index (χ3v) is 1.86. The van der Waals surface area contributed by atoms with E-state index in [-0.39, 0.29) is 6.10 Å². The van der Waals surface area contributed by atoms with Gasteiger partial charge < -0.3 is 9.47 Å². The summed E-state index contributed by atoms with van der Waals surface area (Å²) in [6.07, 6.45) is -0.793. The minimum atomic E-state index is -0.759. The van der Waals surface area contributed by atoms with Crippen molar-refractivity contribution in [1.29, 1.82) is 0 Å². The molecular weight excluding hydrogens is 187 g/mol. The van der Waals surface area contributed by atoms with Gasteiger partial charge in [-0.2, -0.15) is 9.37 Å². The van der Waals surface area contributed by atoms with Gasteiger partial charge in [0.2, 0.25) is 5.88 Å². The molecule has 0 saturated heterocycles. The molecule has 0 aromatic carbocycles. The molecule has 0 radical (unpaired) electrons. The molecule has 1 aliphatic heterocycles. The molecule has 0 fully saturated rings. The number of fused-ring (bicyclic) bond motifs is 1. The lowest BCUT2D eigenvalue weighted by Crippen LogP contribution is -2.11. The SMILES string of the molecule is CC(C)Oc1nc(F)nc2c1COC2. The van der Waals surface area contributed by atoms with Gasteiger partial charge in [0, 0.05) is 0 Å². The zero-order valence-corrected chi connectivity index (χ0v) is 8.08. The first kappa shape index (κ1) is 9.33. The highest BCUT2D eigenvalue weighted by molar-refractivity contribution is 5.31. The number of hydrogen-bond acceptors (Lipinski definition) is 4. The molecule has 0 unspecified atom stereocenters. The van der Waals surface area contributed by atoms with Crippen LogP contribution in [0.2, 0.25) is 0 Å². The Morgan fingerprint density at radius 3 is 2.86 bits per heavy atom. The second kappa shape index (κ2) is 3.49. The van der Waals surface area contributed by atoms with E-state index in [1.807, 2.05) is 13.8 Å². The Balaban J connectivity index is 2.38. The highest BCUT2D eigenvalue weighted by Gasteiger charge is 2.21. The number of aromatic nitrogens is 2. The molecule has 4 nitrogen and oxygen atoms in total. The van der Waals surface area contributed by atoms with Crippen LogP contribution in [0.15, 0.2) is 0 Å². The highest BCUT2D eigenvalue weighted by atomic mass is 19.1. The Bertz CT molecular complexity index is 355. The predicted octanol–water partition coefficient (Wildman–Crippen LogP) is 1.43. The van der Waals surface area contributed by atoms with Crippen LogP contribution in [0.3, 0.4) is 0 Å². The third kappa shape index (κ3) is 1.68. The minimum absolute atomic E-state index is 0.0333. The first-order chi connectivity index (χ1) is 6.66. The predicted molar refractivity (Wildman–Crippen MR) is 46.2 cm³/mol. The van der Waals surface area contributed by atoms with Crippen LogP contribution in [-0.2, 0) is 18.0 Å². The van der Waals surface area contributed by atoms with Crippen molar-refractivity contribution in [2.24, 2.45) is 0 Å². The molecule has 14 heavy (non-hydrogen) atoms. The molecule has 0 atom stereocenters. The average molecular weight is 198 g/mol. The number of rotatable bonds is 2. The number of hydrogen-bond donors (Lipinski definition) is 0. The molecular formula is C9H11FN2O2. The van der Waals surface area contributed by atoms with E-state index in [1.165, 1.54) is 0 Å². The monoisotopic (exact) mass is 198 g/mol. The number of nitrogens with zero attached hydrogens (tertiary/aromatic N) is 2. The summed E-state index contributed by atoms with van der Waals surface area (Å²) in [6, 6.07) is 0. The normalized spacial score (nSPS) is 14.6. The molecule has 0 N–H and O–H groups in total. The molecule has 0 amide bonds. The highest BCUT2D eigenvalue weighted by Crippen LogP contribution is 2.26. The third-order valence-electron chi connectivity index (χ3n) is 1.86. The fraction of sp³-hybridized carbons (Fsp3) is 0.556. The van der Waals surface area contributed by atoms with Crippen LogP contribution in [0.25, 0.3) is 0 Å². The van der Waals surface area contributed by atoms with Gasteiger partial charge in [0.1, 0.15) is 0 Å². The van der Waals surface area contributed by atoms with Crippen molar-refractivity contribution in [3.63, 3.8) is 0 Å².